The number of carbonyl (C=O) groups is 2. The van der Waals surface area contributed by atoms with Crippen molar-refractivity contribution in [2.75, 3.05) is 37.8 Å². The van der Waals surface area contributed by atoms with E-state index >= 15 is 0 Å². The van der Waals surface area contributed by atoms with Crippen LogP contribution in [-0.2, 0) is 0 Å². The third-order valence-corrected chi connectivity index (χ3v) is 7.10. The van der Waals surface area contributed by atoms with Crippen LogP contribution in [0, 0.1) is 17.0 Å². The molecule has 2 aliphatic heterocycles. The molecule has 1 spiro atoms. The highest BCUT2D eigenvalue weighted by molar-refractivity contribution is 7.98. The Labute approximate surface area is 184 Å². The van der Waals surface area contributed by atoms with Gasteiger partial charge in [0.1, 0.15) is 17.2 Å². The van der Waals surface area contributed by atoms with Gasteiger partial charge in [0.2, 0.25) is 0 Å². The van der Waals surface area contributed by atoms with E-state index in [2.05, 4.69) is 5.32 Å². The van der Waals surface area contributed by atoms with Crippen molar-refractivity contribution < 1.29 is 18.4 Å². The lowest BCUT2D eigenvalue weighted by molar-refractivity contribution is 0.0585. The molecule has 2 aromatic rings. The topological polar surface area (TPSA) is 52.7 Å². The molecule has 2 fully saturated rings. The number of rotatable bonds is 3. The molecule has 0 aromatic heterocycles. The van der Waals surface area contributed by atoms with Crippen molar-refractivity contribution in [3.63, 3.8) is 0 Å². The average Bonchev–Trinajstić information content (AvgIpc) is 3.18. The van der Waals surface area contributed by atoms with E-state index in [4.69, 9.17) is 0 Å². The number of anilines is 1. The van der Waals surface area contributed by atoms with E-state index in [9.17, 15) is 18.4 Å². The Morgan fingerprint density at radius 3 is 2.10 bits per heavy atom. The summed E-state index contributed by atoms with van der Waals surface area (Å²) in [6, 6.07) is 11.0. The van der Waals surface area contributed by atoms with Crippen LogP contribution in [0.25, 0.3) is 0 Å². The summed E-state index contributed by atoms with van der Waals surface area (Å²) in [6.07, 6.45) is 4.28. The summed E-state index contributed by atoms with van der Waals surface area (Å²) >= 11 is 1.65. The van der Waals surface area contributed by atoms with E-state index in [1.54, 1.807) is 11.8 Å². The molecule has 0 atom stereocenters. The number of carbonyl (C=O) groups excluding carboxylic acids is 2. The molecule has 2 heterocycles. The molecule has 31 heavy (non-hydrogen) atoms. The zero-order chi connectivity index (χ0) is 22.0. The van der Waals surface area contributed by atoms with Crippen LogP contribution in [0.15, 0.2) is 47.4 Å². The molecule has 164 valence electrons. The van der Waals surface area contributed by atoms with E-state index < -0.39 is 23.1 Å². The van der Waals surface area contributed by atoms with Crippen LogP contribution in [0.1, 0.15) is 29.6 Å². The van der Waals surface area contributed by atoms with Gasteiger partial charge >= 0.3 is 6.03 Å². The number of thioether (sulfide) groups is 1. The number of nitrogens with zero attached hydrogens (tertiary/aromatic N) is 2. The van der Waals surface area contributed by atoms with Crippen molar-refractivity contribution in [1.29, 1.82) is 0 Å². The molecule has 0 radical (unpaired) electrons. The lowest BCUT2D eigenvalue weighted by atomic mass is 9.77. The second kappa shape index (κ2) is 8.86. The second-order valence-corrected chi connectivity index (χ2v) is 9.10. The molecule has 0 bridgehead atoms. The maximum atomic E-state index is 14.0. The summed E-state index contributed by atoms with van der Waals surface area (Å²) in [7, 11) is 0. The fourth-order valence-electron chi connectivity index (χ4n) is 4.44. The molecule has 0 saturated carbocycles. The first-order chi connectivity index (χ1) is 14.9. The van der Waals surface area contributed by atoms with Gasteiger partial charge in [-0.05, 0) is 67.3 Å². The minimum Gasteiger partial charge on any atom is -0.338 e. The van der Waals surface area contributed by atoms with Gasteiger partial charge in [-0.25, -0.2) is 13.6 Å². The minimum absolute atomic E-state index is 0.0510. The molecule has 1 N–H and O–H groups in total. The summed E-state index contributed by atoms with van der Waals surface area (Å²) in [5, 5.41) is 2.95. The van der Waals surface area contributed by atoms with Crippen molar-refractivity contribution >= 4 is 29.4 Å². The Balaban J connectivity index is 1.34. The number of nitrogens with one attached hydrogen (secondary N) is 1. The predicted molar refractivity (Wildman–Crippen MR) is 117 cm³/mol. The number of piperidine rings is 1. The van der Waals surface area contributed by atoms with Crippen LogP contribution in [0.2, 0.25) is 0 Å². The number of amides is 3. The fourth-order valence-corrected chi connectivity index (χ4v) is 4.85. The molecular weight excluding hydrogens is 420 g/mol. The molecule has 2 aliphatic rings. The first-order valence-electron chi connectivity index (χ1n) is 10.3. The van der Waals surface area contributed by atoms with Gasteiger partial charge in [-0.15, -0.1) is 11.8 Å². The lowest BCUT2D eigenvalue weighted by Crippen LogP contribution is -2.45. The Kier molecular flexibility index (Phi) is 6.18. The molecule has 4 rings (SSSR count). The Morgan fingerprint density at radius 2 is 1.52 bits per heavy atom. The summed E-state index contributed by atoms with van der Waals surface area (Å²) < 4.78 is 27.9. The predicted octanol–water partition coefficient (Wildman–Crippen LogP) is 4.85. The first kappa shape index (κ1) is 21.6. The summed E-state index contributed by atoms with van der Waals surface area (Å²) in [6.45, 7) is 2.14. The Hall–Kier alpha value is -2.61. The van der Waals surface area contributed by atoms with Crippen LogP contribution in [0.5, 0.6) is 0 Å². The molecule has 0 unspecified atom stereocenters. The third kappa shape index (κ3) is 4.54. The second-order valence-electron chi connectivity index (χ2n) is 8.22. The van der Waals surface area contributed by atoms with Gasteiger partial charge in [0.15, 0.2) is 0 Å². The maximum Gasteiger partial charge on any atom is 0.321 e. The number of halogens is 2. The Bertz CT molecular complexity index is 955. The smallest absolute Gasteiger partial charge is 0.321 e. The van der Waals surface area contributed by atoms with Crippen molar-refractivity contribution in [3.05, 3.63) is 59.7 Å². The standard InChI is InChI=1S/C23H25F2N3O2S/c1-31-17-7-5-16(6-8-17)26-22(30)28-14-11-23(15-28)9-12-27(13-10-23)21(29)20-18(24)3-2-4-19(20)25/h2-8H,9-15H2,1H3,(H,26,30). The largest absolute Gasteiger partial charge is 0.338 e. The van der Waals surface area contributed by atoms with E-state index in [1.807, 2.05) is 35.4 Å². The van der Waals surface area contributed by atoms with Gasteiger partial charge in [0.25, 0.3) is 5.91 Å². The van der Waals surface area contributed by atoms with Gasteiger partial charge < -0.3 is 15.1 Å². The highest BCUT2D eigenvalue weighted by Gasteiger charge is 2.43. The molecular formula is C23H25F2N3O2S. The van der Waals surface area contributed by atoms with Crippen molar-refractivity contribution in [2.45, 2.75) is 24.2 Å². The highest BCUT2D eigenvalue weighted by atomic mass is 32.2. The number of benzene rings is 2. The molecule has 5 nitrogen and oxygen atoms in total. The first-order valence-corrected chi connectivity index (χ1v) is 11.6. The summed E-state index contributed by atoms with van der Waals surface area (Å²) in [4.78, 5) is 29.8. The summed E-state index contributed by atoms with van der Waals surface area (Å²) in [5.74, 6) is -2.27. The molecule has 8 heteroatoms. The van der Waals surface area contributed by atoms with Crippen LogP contribution >= 0.6 is 11.8 Å². The van der Waals surface area contributed by atoms with E-state index in [-0.39, 0.29) is 11.4 Å². The van der Waals surface area contributed by atoms with Gasteiger partial charge in [0, 0.05) is 36.8 Å². The van der Waals surface area contributed by atoms with E-state index in [0.717, 1.165) is 29.1 Å². The van der Waals surface area contributed by atoms with Gasteiger partial charge in [0.05, 0.1) is 0 Å². The molecule has 3 amide bonds. The molecule has 0 aliphatic carbocycles. The van der Waals surface area contributed by atoms with Gasteiger partial charge in [-0.2, -0.15) is 0 Å². The lowest BCUT2D eigenvalue weighted by Gasteiger charge is -2.39. The van der Waals surface area contributed by atoms with Crippen LogP contribution in [-0.4, -0.2) is 54.2 Å². The SMILES string of the molecule is CSc1ccc(NC(=O)N2CCC3(CCN(C(=O)c4c(F)cccc4F)CC3)C2)cc1. The van der Waals surface area contributed by atoms with E-state index in [1.165, 1.54) is 11.0 Å². The number of urea groups is 1. The zero-order valence-electron chi connectivity index (χ0n) is 17.4. The number of hydrogen-bond acceptors (Lipinski definition) is 3. The minimum atomic E-state index is -0.834. The fraction of sp³-hybridized carbons (Fsp3) is 0.391. The third-order valence-electron chi connectivity index (χ3n) is 6.35. The summed E-state index contributed by atoms with van der Waals surface area (Å²) in [5.41, 5.74) is 0.222. The maximum absolute atomic E-state index is 14.0. The van der Waals surface area contributed by atoms with Gasteiger partial charge in [-0.3, -0.25) is 4.79 Å². The van der Waals surface area contributed by atoms with Crippen molar-refractivity contribution in [3.8, 4) is 0 Å². The van der Waals surface area contributed by atoms with Gasteiger partial charge in [-0.1, -0.05) is 6.07 Å². The quantitative estimate of drug-likeness (QED) is 0.688. The Morgan fingerprint density at radius 1 is 0.935 bits per heavy atom. The molecule has 2 aromatic carbocycles. The number of likely N-dealkylation sites (tertiary alicyclic amines) is 2. The van der Waals surface area contributed by atoms with Crippen LogP contribution in [0.3, 0.4) is 0 Å². The monoisotopic (exact) mass is 445 g/mol. The van der Waals surface area contributed by atoms with Crippen molar-refractivity contribution in [2.24, 2.45) is 5.41 Å². The molecule has 2 saturated heterocycles. The van der Waals surface area contributed by atoms with Crippen LogP contribution in [0.4, 0.5) is 19.3 Å². The zero-order valence-corrected chi connectivity index (χ0v) is 18.2. The van der Waals surface area contributed by atoms with Crippen molar-refractivity contribution in [1.82, 2.24) is 9.80 Å². The normalized spacial score (nSPS) is 17.8. The number of hydrogen-bond donors (Lipinski definition) is 1. The highest BCUT2D eigenvalue weighted by Crippen LogP contribution is 2.41. The average molecular weight is 446 g/mol. The van der Waals surface area contributed by atoms with Crippen LogP contribution < -0.4 is 5.32 Å². The van der Waals surface area contributed by atoms with E-state index in [0.29, 0.717) is 39.0 Å².